The van der Waals surface area contributed by atoms with E-state index in [0.29, 0.717) is 0 Å². The van der Waals surface area contributed by atoms with Gasteiger partial charge in [-0.3, -0.25) is 0 Å². The molecule has 3 heteroatoms. The van der Waals surface area contributed by atoms with Crippen LogP contribution in [0.2, 0.25) is 5.02 Å². The molecule has 19 heavy (non-hydrogen) atoms. The minimum Gasteiger partial charge on any atom is -0.316 e. The highest BCUT2D eigenvalue weighted by atomic mass is 35.5. The molecule has 0 radical (unpaired) electrons. The van der Waals surface area contributed by atoms with Crippen molar-refractivity contribution in [1.29, 1.82) is 0 Å². The van der Waals surface area contributed by atoms with E-state index in [4.69, 9.17) is 11.6 Å². The molecule has 0 saturated carbocycles. The van der Waals surface area contributed by atoms with E-state index < -0.39 is 0 Å². The Bertz CT molecular complexity index is 554. The Hall–Kier alpha value is -0.960. The van der Waals surface area contributed by atoms with E-state index in [1.54, 1.807) is 0 Å². The molecule has 0 aliphatic carbocycles. The molecule has 0 unspecified atom stereocenters. The lowest BCUT2D eigenvalue weighted by atomic mass is 10.1. The first-order valence-electron chi connectivity index (χ1n) is 6.31. The largest absolute Gasteiger partial charge is 0.316 e. The predicted molar refractivity (Wildman–Crippen MR) is 85.0 cm³/mol. The summed E-state index contributed by atoms with van der Waals surface area (Å²) < 4.78 is 0. The molecule has 2 aromatic rings. The van der Waals surface area contributed by atoms with Crippen molar-refractivity contribution in [2.24, 2.45) is 0 Å². The van der Waals surface area contributed by atoms with Gasteiger partial charge in [-0.05, 0) is 42.8 Å². The molecule has 2 rings (SSSR count). The van der Waals surface area contributed by atoms with Gasteiger partial charge in [0, 0.05) is 22.2 Å². The zero-order valence-electron chi connectivity index (χ0n) is 11.2. The second-order valence-electron chi connectivity index (χ2n) is 4.51. The Balaban J connectivity index is 2.06. The van der Waals surface area contributed by atoms with Gasteiger partial charge in [-0.2, -0.15) is 0 Å². The van der Waals surface area contributed by atoms with Crippen molar-refractivity contribution in [1.82, 2.24) is 5.32 Å². The van der Waals surface area contributed by atoms with Crippen molar-refractivity contribution in [3.05, 3.63) is 64.2 Å². The molecular weight excluding hydrogens is 274 g/mol. The molecule has 1 nitrogen and oxygen atoms in total. The molecule has 0 aliphatic heterocycles. The summed E-state index contributed by atoms with van der Waals surface area (Å²) in [4.78, 5) is 1.32. The van der Waals surface area contributed by atoms with Gasteiger partial charge in [0.15, 0.2) is 0 Å². The number of hydrogen-bond donors (Lipinski definition) is 1. The number of benzene rings is 2. The summed E-state index contributed by atoms with van der Waals surface area (Å²) >= 11 is 8.01. The Morgan fingerprint density at radius 3 is 2.63 bits per heavy atom. The normalized spacial score (nSPS) is 10.7. The standard InChI is InChI=1S/C16H18ClNS/c1-12-9-13(10-18-2)7-8-16(12)19-11-14-5-3-4-6-15(14)17/h3-9,18H,10-11H2,1-2H3. The lowest BCUT2D eigenvalue weighted by Gasteiger charge is -2.09. The summed E-state index contributed by atoms with van der Waals surface area (Å²) in [5, 5.41) is 4.02. The smallest absolute Gasteiger partial charge is 0.0446 e. The SMILES string of the molecule is CNCc1ccc(SCc2ccccc2Cl)c(C)c1. The van der Waals surface area contributed by atoms with Crippen molar-refractivity contribution in [2.45, 2.75) is 24.1 Å². The number of rotatable bonds is 5. The molecule has 100 valence electrons. The lowest BCUT2D eigenvalue weighted by molar-refractivity contribution is 0.815. The molecule has 0 bridgehead atoms. The minimum absolute atomic E-state index is 0.847. The zero-order chi connectivity index (χ0) is 13.7. The minimum atomic E-state index is 0.847. The predicted octanol–water partition coefficient (Wildman–Crippen LogP) is 4.66. The van der Waals surface area contributed by atoms with Crippen molar-refractivity contribution < 1.29 is 0 Å². The maximum atomic E-state index is 6.18. The average Bonchev–Trinajstić information content (AvgIpc) is 2.40. The molecule has 0 amide bonds. The number of halogens is 1. The molecule has 1 N–H and O–H groups in total. The molecule has 0 aromatic heterocycles. The number of hydrogen-bond acceptors (Lipinski definition) is 2. The van der Waals surface area contributed by atoms with Crippen LogP contribution >= 0.6 is 23.4 Å². The molecule has 0 heterocycles. The monoisotopic (exact) mass is 291 g/mol. The van der Waals surface area contributed by atoms with Gasteiger partial charge in [0.25, 0.3) is 0 Å². The zero-order valence-corrected chi connectivity index (χ0v) is 12.8. The fourth-order valence-corrected chi connectivity index (χ4v) is 3.25. The Morgan fingerprint density at radius 1 is 1.16 bits per heavy atom. The van der Waals surface area contributed by atoms with Gasteiger partial charge < -0.3 is 5.32 Å². The highest BCUT2D eigenvalue weighted by molar-refractivity contribution is 7.98. The maximum absolute atomic E-state index is 6.18. The average molecular weight is 292 g/mol. The van der Waals surface area contributed by atoms with Crippen LogP contribution in [0.3, 0.4) is 0 Å². The van der Waals surface area contributed by atoms with E-state index in [0.717, 1.165) is 17.3 Å². The number of nitrogens with one attached hydrogen (secondary N) is 1. The van der Waals surface area contributed by atoms with Crippen molar-refractivity contribution in [3.8, 4) is 0 Å². The number of aryl methyl sites for hydroxylation is 1. The fourth-order valence-electron chi connectivity index (χ4n) is 1.96. The maximum Gasteiger partial charge on any atom is 0.0446 e. The summed E-state index contributed by atoms with van der Waals surface area (Å²) in [5.74, 6) is 0.909. The van der Waals surface area contributed by atoms with E-state index in [1.807, 2.05) is 37.0 Å². The first-order valence-corrected chi connectivity index (χ1v) is 7.67. The van der Waals surface area contributed by atoms with Gasteiger partial charge >= 0.3 is 0 Å². The van der Waals surface area contributed by atoms with Gasteiger partial charge in [0.05, 0.1) is 0 Å². The Morgan fingerprint density at radius 2 is 1.95 bits per heavy atom. The van der Waals surface area contributed by atoms with Gasteiger partial charge in [0.2, 0.25) is 0 Å². The lowest BCUT2D eigenvalue weighted by Crippen LogP contribution is -2.05. The van der Waals surface area contributed by atoms with Crippen LogP contribution in [0.15, 0.2) is 47.4 Å². The van der Waals surface area contributed by atoms with Crippen molar-refractivity contribution in [2.75, 3.05) is 7.05 Å². The highest BCUT2D eigenvalue weighted by Crippen LogP contribution is 2.29. The quantitative estimate of drug-likeness (QED) is 0.804. The molecule has 0 aliphatic rings. The summed E-state index contributed by atoms with van der Waals surface area (Å²) in [6.07, 6.45) is 0. The van der Waals surface area contributed by atoms with Gasteiger partial charge in [-0.15, -0.1) is 11.8 Å². The van der Waals surface area contributed by atoms with Crippen LogP contribution in [0.5, 0.6) is 0 Å². The molecule has 0 spiro atoms. The van der Waals surface area contributed by atoms with E-state index >= 15 is 0 Å². The van der Waals surface area contributed by atoms with Gasteiger partial charge in [-0.25, -0.2) is 0 Å². The molecule has 0 saturated heterocycles. The van der Waals surface area contributed by atoms with Crippen molar-refractivity contribution in [3.63, 3.8) is 0 Å². The first kappa shape index (κ1) is 14.4. The van der Waals surface area contributed by atoms with Crippen LogP contribution in [0.25, 0.3) is 0 Å². The van der Waals surface area contributed by atoms with E-state index in [-0.39, 0.29) is 0 Å². The van der Waals surface area contributed by atoms with Gasteiger partial charge in [0.1, 0.15) is 0 Å². The Kier molecular flexibility index (Phi) is 5.32. The molecular formula is C16H18ClNS. The fraction of sp³-hybridized carbons (Fsp3) is 0.250. The van der Waals surface area contributed by atoms with E-state index in [9.17, 15) is 0 Å². The third-order valence-corrected chi connectivity index (χ3v) is 4.55. The first-order chi connectivity index (χ1) is 9.20. The van der Waals surface area contributed by atoms with Crippen LogP contribution in [0, 0.1) is 6.92 Å². The van der Waals surface area contributed by atoms with Crippen LogP contribution in [0.4, 0.5) is 0 Å². The second kappa shape index (κ2) is 6.99. The molecule has 0 atom stereocenters. The Labute approximate surface area is 124 Å². The third-order valence-electron chi connectivity index (χ3n) is 2.96. The second-order valence-corrected chi connectivity index (χ2v) is 5.93. The van der Waals surface area contributed by atoms with Crippen LogP contribution < -0.4 is 5.32 Å². The van der Waals surface area contributed by atoms with Gasteiger partial charge in [-0.1, -0.05) is 41.9 Å². The molecule has 0 fully saturated rings. The third kappa shape index (κ3) is 4.00. The highest BCUT2D eigenvalue weighted by Gasteiger charge is 2.04. The topological polar surface area (TPSA) is 12.0 Å². The van der Waals surface area contributed by atoms with Crippen LogP contribution in [-0.4, -0.2) is 7.05 Å². The van der Waals surface area contributed by atoms with Crippen LogP contribution in [0.1, 0.15) is 16.7 Å². The molecule has 2 aromatic carbocycles. The summed E-state index contributed by atoms with van der Waals surface area (Å²) in [6.45, 7) is 3.07. The summed E-state index contributed by atoms with van der Waals surface area (Å²) in [6, 6.07) is 14.6. The van der Waals surface area contributed by atoms with Crippen LogP contribution in [-0.2, 0) is 12.3 Å². The summed E-state index contributed by atoms with van der Waals surface area (Å²) in [5.41, 5.74) is 3.83. The number of thioether (sulfide) groups is 1. The van der Waals surface area contributed by atoms with E-state index in [1.165, 1.54) is 21.6 Å². The van der Waals surface area contributed by atoms with E-state index in [2.05, 4.69) is 36.5 Å². The van der Waals surface area contributed by atoms with Crippen molar-refractivity contribution >= 4 is 23.4 Å². The summed E-state index contributed by atoms with van der Waals surface area (Å²) in [7, 11) is 1.97.